The largest absolute Gasteiger partial charge is 0.326 e. The van der Waals surface area contributed by atoms with Crippen molar-refractivity contribution in [2.24, 2.45) is 5.41 Å². The Labute approximate surface area is 100.0 Å². The van der Waals surface area contributed by atoms with Crippen molar-refractivity contribution in [1.29, 1.82) is 0 Å². The second-order valence-corrected chi connectivity index (χ2v) is 4.96. The first-order valence-electron chi connectivity index (χ1n) is 5.28. The lowest BCUT2D eigenvalue weighted by molar-refractivity contribution is -0.385. The third-order valence-corrected chi connectivity index (χ3v) is 2.33. The van der Waals surface area contributed by atoms with E-state index in [9.17, 15) is 14.9 Å². The molecule has 0 aliphatic heterocycles. The van der Waals surface area contributed by atoms with Gasteiger partial charge in [-0.2, -0.15) is 0 Å². The SMILES string of the molecule is Cc1cc(NC(=O)C(C)(C)C)ccc1[N+](=O)[O-]. The summed E-state index contributed by atoms with van der Waals surface area (Å²) < 4.78 is 0. The maximum Gasteiger partial charge on any atom is 0.272 e. The Kier molecular flexibility index (Phi) is 3.50. The van der Waals surface area contributed by atoms with Gasteiger partial charge in [0, 0.05) is 22.7 Å². The van der Waals surface area contributed by atoms with Gasteiger partial charge in [0.2, 0.25) is 5.91 Å². The molecule has 0 atom stereocenters. The van der Waals surface area contributed by atoms with Crippen LogP contribution in [0, 0.1) is 22.5 Å². The van der Waals surface area contributed by atoms with Gasteiger partial charge in [0.1, 0.15) is 0 Å². The van der Waals surface area contributed by atoms with E-state index < -0.39 is 10.3 Å². The van der Waals surface area contributed by atoms with Gasteiger partial charge in [-0.25, -0.2) is 0 Å². The van der Waals surface area contributed by atoms with Crippen LogP contribution in [0.15, 0.2) is 18.2 Å². The van der Waals surface area contributed by atoms with E-state index in [2.05, 4.69) is 5.32 Å². The second kappa shape index (κ2) is 4.53. The Morgan fingerprint density at radius 3 is 2.35 bits per heavy atom. The van der Waals surface area contributed by atoms with Gasteiger partial charge >= 0.3 is 0 Å². The molecular formula is C12H16N2O3. The van der Waals surface area contributed by atoms with Crippen LogP contribution in [0.1, 0.15) is 26.3 Å². The fourth-order valence-electron chi connectivity index (χ4n) is 1.26. The predicted octanol–water partition coefficient (Wildman–Crippen LogP) is 2.89. The fraction of sp³-hybridized carbons (Fsp3) is 0.417. The van der Waals surface area contributed by atoms with E-state index >= 15 is 0 Å². The standard InChI is InChI=1S/C12H16N2O3/c1-8-7-9(5-6-10(8)14(16)17)13-11(15)12(2,3)4/h5-7H,1-4H3,(H,13,15). The number of benzene rings is 1. The average molecular weight is 236 g/mol. The molecule has 5 heteroatoms. The van der Waals surface area contributed by atoms with Crippen molar-refractivity contribution in [3.05, 3.63) is 33.9 Å². The van der Waals surface area contributed by atoms with E-state index in [1.807, 2.05) is 0 Å². The van der Waals surface area contributed by atoms with Crippen molar-refractivity contribution in [1.82, 2.24) is 0 Å². The number of nitro benzene ring substituents is 1. The molecule has 1 N–H and O–H groups in total. The molecule has 1 amide bonds. The van der Waals surface area contributed by atoms with Crippen molar-refractivity contribution >= 4 is 17.3 Å². The summed E-state index contributed by atoms with van der Waals surface area (Å²) in [5, 5.41) is 13.4. The smallest absolute Gasteiger partial charge is 0.272 e. The summed E-state index contributed by atoms with van der Waals surface area (Å²) in [6, 6.07) is 4.53. The molecular weight excluding hydrogens is 220 g/mol. The third kappa shape index (κ3) is 3.27. The lowest BCUT2D eigenvalue weighted by Crippen LogP contribution is -2.27. The zero-order valence-electron chi connectivity index (χ0n) is 10.4. The number of nitrogens with zero attached hydrogens (tertiary/aromatic N) is 1. The fourth-order valence-corrected chi connectivity index (χ4v) is 1.26. The molecule has 0 unspecified atom stereocenters. The van der Waals surface area contributed by atoms with Gasteiger partial charge in [0.05, 0.1) is 4.92 Å². The number of amides is 1. The summed E-state index contributed by atoms with van der Waals surface area (Å²) in [7, 11) is 0. The quantitative estimate of drug-likeness (QED) is 0.633. The van der Waals surface area contributed by atoms with Gasteiger partial charge in [0.15, 0.2) is 0 Å². The molecule has 0 fully saturated rings. The van der Waals surface area contributed by atoms with Crippen molar-refractivity contribution in [3.63, 3.8) is 0 Å². The predicted molar refractivity (Wildman–Crippen MR) is 65.9 cm³/mol. The second-order valence-electron chi connectivity index (χ2n) is 4.96. The van der Waals surface area contributed by atoms with E-state index in [1.165, 1.54) is 12.1 Å². The molecule has 0 saturated heterocycles. The summed E-state index contributed by atoms with van der Waals surface area (Å²) in [5.74, 6) is -0.120. The van der Waals surface area contributed by atoms with Crippen LogP contribution in [0.2, 0.25) is 0 Å². The number of rotatable bonds is 2. The summed E-state index contributed by atoms with van der Waals surface area (Å²) in [4.78, 5) is 21.9. The van der Waals surface area contributed by atoms with Crippen LogP contribution in [-0.2, 0) is 4.79 Å². The molecule has 0 bridgehead atoms. The molecule has 0 spiro atoms. The number of carbonyl (C=O) groups excluding carboxylic acids is 1. The van der Waals surface area contributed by atoms with Crippen LogP contribution in [0.4, 0.5) is 11.4 Å². The maximum absolute atomic E-state index is 11.7. The zero-order valence-corrected chi connectivity index (χ0v) is 10.4. The lowest BCUT2D eigenvalue weighted by atomic mass is 9.95. The van der Waals surface area contributed by atoms with Gasteiger partial charge in [0.25, 0.3) is 5.69 Å². The minimum Gasteiger partial charge on any atom is -0.326 e. The van der Waals surface area contributed by atoms with Crippen LogP contribution in [0.5, 0.6) is 0 Å². The normalized spacial score (nSPS) is 11.1. The van der Waals surface area contributed by atoms with E-state index in [0.29, 0.717) is 11.3 Å². The molecule has 5 nitrogen and oxygen atoms in total. The molecule has 1 rings (SSSR count). The van der Waals surface area contributed by atoms with Crippen LogP contribution in [0.25, 0.3) is 0 Å². The van der Waals surface area contributed by atoms with Crippen LogP contribution in [0.3, 0.4) is 0 Å². The van der Waals surface area contributed by atoms with E-state index in [0.717, 1.165) is 0 Å². The monoisotopic (exact) mass is 236 g/mol. The zero-order chi connectivity index (χ0) is 13.2. The minimum atomic E-state index is -0.490. The number of nitrogens with one attached hydrogen (secondary N) is 1. The number of carbonyl (C=O) groups is 1. The highest BCUT2D eigenvalue weighted by molar-refractivity contribution is 5.94. The first-order chi connectivity index (χ1) is 7.71. The molecule has 92 valence electrons. The number of anilines is 1. The van der Waals surface area contributed by atoms with E-state index in [1.54, 1.807) is 33.8 Å². The van der Waals surface area contributed by atoms with Gasteiger partial charge in [-0.3, -0.25) is 14.9 Å². The Hall–Kier alpha value is -1.91. The third-order valence-electron chi connectivity index (χ3n) is 2.33. The minimum absolute atomic E-state index is 0.0544. The number of nitro groups is 1. The first-order valence-corrected chi connectivity index (χ1v) is 5.28. The molecule has 0 heterocycles. The van der Waals surface area contributed by atoms with Crippen LogP contribution >= 0.6 is 0 Å². The molecule has 1 aromatic carbocycles. The summed E-state index contributed by atoms with van der Waals surface area (Å²) in [5.41, 5.74) is 0.670. The van der Waals surface area contributed by atoms with Crippen LogP contribution < -0.4 is 5.32 Å². The highest BCUT2D eigenvalue weighted by Gasteiger charge is 2.21. The Balaban J connectivity index is 2.92. The molecule has 0 aliphatic carbocycles. The van der Waals surface area contributed by atoms with Gasteiger partial charge in [-0.05, 0) is 19.1 Å². The molecule has 0 radical (unpaired) electrons. The highest BCUT2D eigenvalue weighted by Crippen LogP contribution is 2.23. The molecule has 1 aromatic rings. The Morgan fingerprint density at radius 2 is 1.94 bits per heavy atom. The molecule has 17 heavy (non-hydrogen) atoms. The maximum atomic E-state index is 11.7. The molecule has 0 aliphatic rings. The van der Waals surface area contributed by atoms with Crippen LogP contribution in [-0.4, -0.2) is 10.8 Å². The Morgan fingerprint density at radius 1 is 1.35 bits per heavy atom. The molecule has 0 saturated carbocycles. The summed E-state index contributed by atoms with van der Waals surface area (Å²) >= 11 is 0. The number of hydrogen-bond donors (Lipinski definition) is 1. The Bertz CT molecular complexity index is 461. The van der Waals surface area contributed by atoms with E-state index in [-0.39, 0.29) is 11.6 Å². The summed E-state index contributed by atoms with van der Waals surface area (Å²) in [6.07, 6.45) is 0. The number of hydrogen-bond acceptors (Lipinski definition) is 3. The van der Waals surface area contributed by atoms with Crippen molar-refractivity contribution in [2.45, 2.75) is 27.7 Å². The summed E-state index contributed by atoms with van der Waals surface area (Å²) in [6.45, 7) is 7.06. The van der Waals surface area contributed by atoms with Gasteiger partial charge in [-0.1, -0.05) is 20.8 Å². The van der Waals surface area contributed by atoms with Crippen molar-refractivity contribution in [2.75, 3.05) is 5.32 Å². The lowest BCUT2D eigenvalue weighted by Gasteiger charge is -2.17. The highest BCUT2D eigenvalue weighted by atomic mass is 16.6. The topological polar surface area (TPSA) is 72.2 Å². The molecule has 0 aromatic heterocycles. The number of aryl methyl sites for hydroxylation is 1. The van der Waals surface area contributed by atoms with Crippen molar-refractivity contribution < 1.29 is 9.72 Å². The van der Waals surface area contributed by atoms with Gasteiger partial charge in [-0.15, -0.1) is 0 Å². The van der Waals surface area contributed by atoms with E-state index in [4.69, 9.17) is 0 Å². The average Bonchev–Trinajstić information content (AvgIpc) is 2.15. The van der Waals surface area contributed by atoms with Gasteiger partial charge < -0.3 is 5.32 Å². The first kappa shape index (κ1) is 13.2. The van der Waals surface area contributed by atoms with Crippen molar-refractivity contribution in [3.8, 4) is 0 Å².